The fraction of sp³-hybridized carbons (Fsp3) is 0.412. The van der Waals surface area contributed by atoms with Gasteiger partial charge < -0.3 is 15.5 Å². The van der Waals surface area contributed by atoms with Crippen LogP contribution >= 0.6 is 0 Å². The lowest BCUT2D eigenvalue weighted by Crippen LogP contribution is -2.44. The Morgan fingerprint density at radius 2 is 1.73 bits per heavy atom. The number of likely N-dealkylation sites (N-methyl/N-ethyl adjacent to an activating group) is 1. The normalized spacial score (nSPS) is 16.0. The van der Waals surface area contributed by atoms with Crippen LogP contribution in [0.4, 0.5) is 11.8 Å². The molecular weight excluding hydrogens is 274 g/mol. The second kappa shape index (κ2) is 6.75. The molecule has 3 rings (SSSR count). The predicted molar refractivity (Wildman–Crippen MR) is 90.0 cm³/mol. The van der Waals surface area contributed by atoms with Gasteiger partial charge in [0.1, 0.15) is 5.82 Å². The van der Waals surface area contributed by atoms with Gasteiger partial charge in [-0.05, 0) is 25.5 Å². The summed E-state index contributed by atoms with van der Waals surface area (Å²) in [5.41, 5.74) is 8.24. The summed E-state index contributed by atoms with van der Waals surface area (Å²) in [5, 5.41) is 0. The third-order valence-electron chi connectivity index (χ3n) is 4.12. The van der Waals surface area contributed by atoms with Crippen molar-refractivity contribution in [2.24, 2.45) is 0 Å². The Bertz CT molecular complexity index is 606. The fourth-order valence-electron chi connectivity index (χ4n) is 2.75. The minimum atomic E-state index is 0.375. The van der Waals surface area contributed by atoms with Crippen LogP contribution in [-0.4, -0.2) is 48.1 Å². The summed E-state index contributed by atoms with van der Waals surface area (Å²) in [5.74, 6) is 1.34. The molecule has 0 bridgehead atoms. The van der Waals surface area contributed by atoms with Gasteiger partial charge in [0.15, 0.2) is 0 Å². The van der Waals surface area contributed by atoms with Crippen LogP contribution in [0.2, 0.25) is 0 Å². The minimum Gasteiger partial charge on any atom is -0.368 e. The molecular formula is C17H23N5. The van der Waals surface area contributed by atoms with Gasteiger partial charge in [-0.2, -0.15) is 4.98 Å². The Hall–Kier alpha value is -2.14. The standard InChI is InChI=1S/C17H23N5/c1-21-9-11-22(12-10-21)16-13-15(19-17(18)20-16)8-7-14-5-3-2-4-6-14/h2-6,13H,7-12H2,1H3,(H2,18,19,20). The summed E-state index contributed by atoms with van der Waals surface area (Å²) in [6.07, 6.45) is 1.86. The lowest BCUT2D eigenvalue weighted by atomic mass is 10.1. The molecule has 116 valence electrons. The van der Waals surface area contributed by atoms with Gasteiger partial charge in [-0.25, -0.2) is 4.98 Å². The maximum atomic E-state index is 5.90. The summed E-state index contributed by atoms with van der Waals surface area (Å²) in [4.78, 5) is 13.4. The van der Waals surface area contributed by atoms with Crippen LogP contribution in [0.1, 0.15) is 11.3 Å². The molecule has 22 heavy (non-hydrogen) atoms. The highest BCUT2D eigenvalue weighted by atomic mass is 15.3. The summed E-state index contributed by atoms with van der Waals surface area (Å²) < 4.78 is 0. The molecule has 5 heteroatoms. The molecule has 5 nitrogen and oxygen atoms in total. The summed E-state index contributed by atoms with van der Waals surface area (Å²) in [6, 6.07) is 12.6. The van der Waals surface area contributed by atoms with Gasteiger partial charge in [0.05, 0.1) is 0 Å². The van der Waals surface area contributed by atoms with E-state index in [2.05, 4.69) is 57.1 Å². The van der Waals surface area contributed by atoms with Gasteiger partial charge in [0.25, 0.3) is 0 Å². The van der Waals surface area contributed by atoms with Crippen LogP contribution in [0, 0.1) is 0 Å². The minimum absolute atomic E-state index is 0.375. The zero-order chi connectivity index (χ0) is 15.4. The smallest absolute Gasteiger partial charge is 0.222 e. The number of rotatable bonds is 4. The lowest BCUT2D eigenvalue weighted by Gasteiger charge is -2.33. The molecule has 0 radical (unpaired) electrons. The van der Waals surface area contributed by atoms with Gasteiger partial charge in [0, 0.05) is 37.9 Å². The fourth-order valence-corrected chi connectivity index (χ4v) is 2.75. The van der Waals surface area contributed by atoms with E-state index in [0.29, 0.717) is 5.95 Å². The lowest BCUT2D eigenvalue weighted by molar-refractivity contribution is 0.312. The van der Waals surface area contributed by atoms with Gasteiger partial charge in [-0.15, -0.1) is 0 Å². The van der Waals surface area contributed by atoms with Crippen LogP contribution < -0.4 is 10.6 Å². The molecule has 0 aliphatic carbocycles. The number of benzene rings is 1. The topological polar surface area (TPSA) is 58.3 Å². The zero-order valence-electron chi connectivity index (χ0n) is 13.1. The van der Waals surface area contributed by atoms with E-state index in [-0.39, 0.29) is 0 Å². The van der Waals surface area contributed by atoms with E-state index >= 15 is 0 Å². The molecule has 2 heterocycles. The number of nitrogen functional groups attached to an aromatic ring is 1. The van der Waals surface area contributed by atoms with E-state index in [0.717, 1.165) is 50.5 Å². The molecule has 0 unspecified atom stereocenters. The van der Waals surface area contributed by atoms with E-state index in [4.69, 9.17) is 5.73 Å². The number of anilines is 2. The Labute approximate surface area is 131 Å². The van der Waals surface area contributed by atoms with Crippen molar-refractivity contribution in [1.82, 2.24) is 14.9 Å². The zero-order valence-corrected chi connectivity index (χ0v) is 13.1. The van der Waals surface area contributed by atoms with E-state index in [1.807, 2.05) is 6.07 Å². The molecule has 1 saturated heterocycles. The van der Waals surface area contributed by atoms with Crippen LogP contribution in [0.25, 0.3) is 0 Å². The summed E-state index contributed by atoms with van der Waals surface area (Å²) in [6.45, 7) is 4.10. The third-order valence-corrected chi connectivity index (χ3v) is 4.12. The van der Waals surface area contributed by atoms with Gasteiger partial charge in [-0.3, -0.25) is 0 Å². The first-order valence-electron chi connectivity index (χ1n) is 7.81. The molecule has 1 fully saturated rings. The van der Waals surface area contributed by atoms with E-state index in [9.17, 15) is 0 Å². The number of hydrogen-bond acceptors (Lipinski definition) is 5. The van der Waals surface area contributed by atoms with Crippen molar-refractivity contribution >= 4 is 11.8 Å². The summed E-state index contributed by atoms with van der Waals surface area (Å²) in [7, 11) is 2.15. The maximum absolute atomic E-state index is 5.90. The number of nitrogens with zero attached hydrogens (tertiary/aromatic N) is 4. The SMILES string of the molecule is CN1CCN(c2cc(CCc3ccccc3)nc(N)n2)CC1. The first-order chi connectivity index (χ1) is 10.7. The summed E-state index contributed by atoms with van der Waals surface area (Å²) >= 11 is 0. The Morgan fingerprint density at radius 1 is 1.00 bits per heavy atom. The number of aromatic nitrogens is 2. The Balaban J connectivity index is 1.70. The molecule has 0 spiro atoms. The van der Waals surface area contributed by atoms with E-state index < -0.39 is 0 Å². The van der Waals surface area contributed by atoms with Crippen molar-refractivity contribution in [2.75, 3.05) is 43.9 Å². The first kappa shape index (κ1) is 14.8. The largest absolute Gasteiger partial charge is 0.368 e. The van der Waals surface area contributed by atoms with Crippen LogP contribution in [0.15, 0.2) is 36.4 Å². The second-order valence-electron chi connectivity index (χ2n) is 5.85. The van der Waals surface area contributed by atoms with Crippen LogP contribution in [-0.2, 0) is 12.8 Å². The van der Waals surface area contributed by atoms with Crippen molar-refractivity contribution in [3.8, 4) is 0 Å². The van der Waals surface area contributed by atoms with Crippen LogP contribution in [0.3, 0.4) is 0 Å². The quantitative estimate of drug-likeness (QED) is 0.929. The molecule has 2 N–H and O–H groups in total. The molecule has 1 aliphatic heterocycles. The third kappa shape index (κ3) is 3.74. The second-order valence-corrected chi connectivity index (χ2v) is 5.85. The number of nitrogens with two attached hydrogens (primary N) is 1. The van der Waals surface area contributed by atoms with Crippen molar-refractivity contribution in [2.45, 2.75) is 12.8 Å². The van der Waals surface area contributed by atoms with Gasteiger partial charge in [0.2, 0.25) is 5.95 Å². The number of aryl methyl sites for hydroxylation is 2. The number of piperazine rings is 1. The highest BCUT2D eigenvalue weighted by Crippen LogP contribution is 2.17. The molecule has 0 atom stereocenters. The van der Waals surface area contributed by atoms with E-state index in [1.54, 1.807) is 0 Å². The Morgan fingerprint density at radius 3 is 2.45 bits per heavy atom. The molecule has 2 aromatic rings. The highest BCUT2D eigenvalue weighted by Gasteiger charge is 2.16. The van der Waals surface area contributed by atoms with E-state index in [1.165, 1.54) is 5.56 Å². The molecule has 0 amide bonds. The molecule has 1 aromatic heterocycles. The molecule has 1 aromatic carbocycles. The van der Waals surface area contributed by atoms with Gasteiger partial charge in [-0.1, -0.05) is 30.3 Å². The first-order valence-corrected chi connectivity index (χ1v) is 7.81. The van der Waals surface area contributed by atoms with Crippen LogP contribution in [0.5, 0.6) is 0 Å². The van der Waals surface area contributed by atoms with Gasteiger partial charge >= 0.3 is 0 Å². The highest BCUT2D eigenvalue weighted by molar-refractivity contribution is 5.44. The van der Waals surface area contributed by atoms with Crippen molar-refractivity contribution in [1.29, 1.82) is 0 Å². The Kier molecular flexibility index (Phi) is 4.53. The molecule has 1 aliphatic rings. The average molecular weight is 297 g/mol. The average Bonchev–Trinajstić information content (AvgIpc) is 2.54. The number of hydrogen-bond donors (Lipinski definition) is 1. The van der Waals surface area contributed by atoms with Crippen molar-refractivity contribution < 1.29 is 0 Å². The van der Waals surface area contributed by atoms with Crippen molar-refractivity contribution in [3.63, 3.8) is 0 Å². The molecule has 0 saturated carbocycles. The maximum Gasteiger partial charge on any atom is 0.222 e. The predicted octanol–water partition coefficient (Wildman–Crippen LogP) is 1.60. The monoisotopic (exact) mass is 297 g/mol. The van der Waals surface area contributed by atoms with Crippen molar-refractivity contribution in [3.05, 3.63) is 47.7 Å².